The summed E-state index contributed by atoms with van der Waals surface area (Å²) >= 11 is 0. The van der Waals surface area contributed by atoms with Crippen LogP contribution in [0.2, 0.25) is 0 Å². The summed E-state index contributed by atoms with van der Waals surface area (Å²) in [5.74, 6) is 1.83. The molecule has 2 aromatic carbocycles. The monoisotopic (exact) mass is 389 g/mol. The number of methoxy groups -OCH3 is 1. The number of ether oxygens (including phenoxy) is 1. The number of nitrogens with zero attached hydrogens (tertiary/aromatic N) is 3. The molecule has 1 saturated heterocycles. The Balaban J connectivity index is 1.31. The zero-order chi connectivity index (χ0) is 20.0. The maximum absolute atomic E-state index is 6.02. The third kappa shape index (κ3) is 3.49. The van der Waals surface area contributed by atoms with E-state index in [4.69, 9.17) is 9.72 Å². The van der Waals surface area contributed by atoms with Crippen LogP contribution in [0.15, 0.2) is 42.5 Å². The van der Waals surface area contributed by atoms with Gasteiger partial charge in [0.25, 0.3) is 0 Å². The highest BCUT2D eigenvalue weighted by Gasteiger charge is 2.34. The second kappa shape index (κ2) is 7.58. The van der Waals surface area contributed by atoms with Crippen molar-refractivity contribution in [3.05, 3.63) is 65.0 Å². The van der Waals surface area contributed by atoms with Crippen molar-refractivity contribution in [2.45, 2.75) is 45.3 Å². The van der Waals surface area contributed by atoms with Crippen LogP contribution in [-0.2, 0) is 17.6 Å². The molecule has 1 fully saturated rings. The van der Waals surface area contributed by atoms with Gasteiger partial charge in [-0.25, -0.2) is 4.98 Å². The average Bonchev–Trinajstić information content (AvgIpc) is 3.26. The summed E-state index contributed by atoms with van der Waals surface area (Å²) in [6.45, 7) is 7.56. The molecule has 0 unspecified atom stereocenters. The summed E-state index contributed by atoms with van der Waals surface area (Å²) in [5.41, 5.74) is 6.69. The SMILES string of the molecule is CO[C@H]1CN(CC2Cc3ccccc3C2)CC[C@H]1n1c(C)nc2cc(C)ccc21. The Hall–Kier alpha value is -2.17. The summed E-state index contributed by atoms with van der Waals surface area (Å²) in [6.07, 6.45) is 3.75. The van der Waals surface area contributed by atoms with Gasteiger partial charge in [-0.1, -0.05) is 30.3 Å². The molecule has 1 aliphatic carbocycles. The highest BCUT2D eigenvalue weighted by atomic mass is 16.5. The number of fused-ring (bicyclic) bond motifs is 2. The Morgan fingerprint density at radius 3 is 2.55 bits per heavy atom. The van der Waals surface area contributed by atoms with Crippen LogP contribution >= 0.6 is 0 Å². The first kappa shape index (κ1) is 18.8. The second-order valence-electron chi connectivity index (χ2n) is 8.95. The quantitative estimate of drug-likeness (QED) is 0.665. The van der Waals surface area contributed by atoms with E-state index in [1.165, 1.54) is 30.5 Å². The zero-order valence-electron chi connectivity index (χ0n) is 17.8. The minimum Gasteiger partial charge on any atom is -0.378 e. The van der Waals surface area contributed by atoms with Crippen molar-refractivity contribution < 1.29 is 4.74 Å². The molecule has 3 aromatic rings. The molecule has 5 rings (SSSR count). The molecule has 0 saturated carbocycles. The number of benzene rings is 2. The van der Waals surface area contributed by atoms with Crippen LogP contribution in [-0.4, -0.2) is 47.3 Å². The van der Waals surface area contributed by atoms with E-state index < -0.39 is 0 Å². The van der Waals surface area contributed by atoms with Crippen molar-refractivity contribution in [1.82, 2.24) is 14.5 Å². The fourth-order valence-corrected chi connectivity index (χ4v) is 5.55. The molecule has 2 heterocycles. The van der Waals surface area contributed by atoms with Crippen LogP contribution in [0, 0.1) is 19.8 Å². The molecule has 2 aliphatic rings. The number of aryl methyl sites for hydroxylation is 2. The molecule has 0 amide bonds. The first-order chi connectivity index (χ1) is 14.1. The van der Waals surface area contributed by atoms with Crippen LogP contribution in [0.3, 0.4) is 0 Å². The molecule has 0 bridgehead atoms. The van der Waals surface area contributed by atoms with Gasteiger partial charge >= 0.3 is 0 Å². The Bertz CT molecular complexity index is 999. The highest BCUT2D eigenvalue weighted by molar-refractivity contribution is 5.77. The number of aromatic nitrogens is 2. The van der Waals surface area contributed by atoms with Crippen LogP contribution in [0.4, 0.5) is 0 Å². The van der Waals surface area contributed by atoms with Gasteiger partial charge in [0.15, 0.2) is 0 Å². The van der Waals surface area contributed by atoms with Gasteiger partial charge in [0.2, 0.25) is 0 Å². The summed E-state index contributed by atoms with van der Waals surface area (Å²) < 4.78 is 8.44. The molecule has 0 spiro atoms. The maximum Gasteiger partial charge on any atom is 0.107 e. The molecule has 1 aromatic heterocycles. The number of hydrogen-bond donors (Lipinski definition) is 0. The number of likely N-dealkylation sites (tertiary alicyclic amines) is 1. The van der Waals surface area contributed by atoms with Crippen molar-refractivity contribution in [3.8, 4) is 0 Å². The van der Waals surface area contributed by atoms with Crippen molar-refractivity contribution in [1.29, 1.82) is 0 Å². The van der Waals surface area contributed by atoms with E-state index in [1.54, 1.807) is 11.1 Å². The smallest absolute Gasteiger partial charge is 0.107 e. The molecule has 152 valence electrons. The molecule has 29 heavy (non-hydrogen) atoms. The first-order valence-corrected chi connectivity index (χ1v) is 10.9. The van der Waals surface area contributed by atoms with Crippen molar-refractivity contribution >= 4 is 11.0 Å². The lowest BCUT2D eigenvalue weighted by Crippen LogP contribution is -2.47. The minimum atomic E-state index is 0.199. The third-order valence-electron chi connectivity index (χ3n) is 6.92. The number of rotatable bonds is 4. The Labute approximate surface area is 173 Å². The Kier molecular flexibility index (Phi) is 4.92. The summed E-state index contributed by atoms with van der Waals surface area (Å²) in [6, 6.07) is 15.9. The second-order valence-corrected chi connectivity index (χ2v) is 8.95. The predicted octanol–water partition coefficient (Wildman–Crippen LogP) is 4.33. The maximum atomic E-state index is 6.02. The number of hydrogen-bond acceptors (Lipinski definition) is 3. The largest absolute Gasteiger partial charge is 0.378 e. The van der Waals surface area contributed by atoms with Gasteiger partial charge in [-0.05, 0) is 67.9 Å². The average molecular weight is 390 g/mol. The molecule has 0 radical (unpaired) electrons. The molecular weight excluding hydrogens is 358 g/mol. The lowest BCUT2D eigenvalue weighted by molar-refractivity contribution is -0.00928. The standard InChI is InChI=1S/C25H31N3O/c1-17-8-9-23-22(12-17)26-18(2)28(23)24-10-11-27(16-25(24)29-3)15-19-13-20-6-4-5-7-21(20)14-19/h4-9,12,19,24-25H,10-11,13-16H2,1-3H3/t24-,25+/m1/s1. The van der Waals surface area contributed by atoms with Gasteiger partial charge in [0.1, 0.15) is 5.82 Å². The summed E-state index contributed by atoms with van der Waals surface area (Å²) in [7, 11) is 1.87. The topological polar surface area (TPSA) is 30.3 Å². The molecular formula is C25H31N3O. The molecule has 0 N–H and O–H groups in total. The molecule has 2 atom stereocenters. The van der Waals surface area contributed by atoms with Crippen molar-refractivity contribution in [3.63, 3.8) is 0 Å². The first-order valence-electron chi connectivity index (χ1n) is 10.9. The fourth-order valence-electron chi connectivity index (χ4n) is 5.55. The molecule has 1 aliphatic heterocycles. The lowest BCUT2D eigenvalue weighted by atomic mass is 9.98. The normalized spacial score (nSPS) is 23.0. The van der Waals surface area contributed by atoms with E-state index in [1.807, 2.05) is 7.11 Å². The van der Waals surface area contributed by atoms with Gasteiger partial charge in [-0.2, -0.15) is 0 Å². The van der Waals surface area contributed by atoms with Gasteiger partial charge in [-0.15, -0.1) is 0 Å². The van der Waals surface area contributed by atoms with E-state index in [2.05, 4.69) is 65.8 Å². The third-order valence-corrected chi connectivity index (χ3v) is 6.92. The predicted molar refractivity (Wildman–Crippen MR) is 117 cm³/mol. The van der Waals surface area contributed by atoms with Gasteiger partial charge < -0.3 is 14.2 Å². The highest BCUT2D eigenvalue weighted by Crippen LogP contribution is 2.33. The molecule has 4 nitrogen and oxygen atoms in total. The van der Waals surface area contributed by atoms with Crippen LogP contribution < -0.4 is 0 Å². The van der Waals surface area contributed by atoms with E-state index >= 15 is 0 Å². The minimum absolute atomic E-state index is 0.199. The number of piperidine rings is 1. The van der Waals surface area contributed by atoms with Crippen LogP contribution in [0.5, 0.6) is 0 Å². The van der Waals surface area contributed by atoms with Crippen molar-refractivity contribution in [2.24, 2.45) is 5.92 Å². The van der Waals surface area contributed by atoms with E-state index in [9.17, 15) is 0 Å². The van der Waals surface area contributed by atoms with E-state index in [0.29, 0.717) is 6.04 Å². The Morgan fingerprint density at radius 1 is 1.07 bits per heavy atom. The van der Waals surface area contributed by atoms with Crippen molar-refractivity contribution in [2.75, 3.05) is 26.7 Å². The summed E-state index contributed by atoms with van der Waals surface area (Å²) in [5, 5.41) is 0. The zero-order valence-corrected chi connectivity index (χ0v) is 17.8. The number of imidazole rings is 1. The van der Waals surface area contributed by atoms with Crippen LogP contribution in [0.1, 0.15) is 35.0 Å². The van der Waals surface area contributed by atoms with E-state index in [-0.39, 0.29) is 6.10 Å². The van der Waals surface area contributed by atoms with Gasteiger partial charge in [-0.3, -0.25) is 0 Å². The molecule has 4 heteroatoms. The van der Waals surface area contributed by atoms with E-state index in [0.717, 1.165) is 36.8 Å². The van der Waals surface area contributed by atoms with Crippen LogP contribution in [0.25, 0.3) is 11.0 Å². The summed E-state index contributed by atoms with van der Waals surface area (Å²) in [4.78, 5) is 7.46. The van der Waals surface area contributed by atoms with Gasteiger partial charge in [0.05, 0.1) is 23.2 Å². The van der Waals surface area contributed by atoms with Gasteiger partial charge in [0, 0.05) is 26.7 Å². The Morgan fingerprint density at radius 2 is 1.83 bits per heavy atom. The fraction of sp³-hybridized carbons (Fsp3) is 0.480. The lowest BCUT2D eigenvalue weighted by Gasteiger charge is -2.40.